The average Bonchev–Trinajstić information content (AvgIpc) is 3.33. The van der Waals surface area contributed by atoms with Crippen molar-refractivity contribution >= 4 is 22.8 Å². The minimum Gasteiger partial charge on any atom is -0.356 e. The number of benzene rings is 2. The van der Waals surface area contributed by atoms with E-state index in [1.807, 2.05) is 47.4 Å². The van der Waals surface area contributed by atoms with Gasteiger partial charge in [0.25, 0.3) is 0 Å². The van der Waals surface area contributed by atoms with Gasteiger partial charge in [0, 0.05) is 32.5 Å². The molecule has 1 aromatic heterocycles. The number of amides is 2. The number of para-hydroxylation sites is 2. The smallest absolute Gasteiger partial charge is 0.225 e. The molecule has 6 heteroatoms. The number of H-pyrrole nitrogens is 1. The fourth-order valence-corrected chi connectivity index (χ4v) is 3.81. The molecule has 4 rings (SSSR count). The molecule has 1 atom stereocenters. The molecule has 0 saturated carbocycles. The van der Waals surface area contributed by atoms with Gasteiger partial charge in [0.2, 0.25) is 11.8 Å². The van der Waals surface area contributed by atoms with Crippen LogP contribution in [0.5, 0.6) is 0 Å². The van der Waals surface area contributed by atoms with Gasteiger partial charge in [0.15, 0.2) is 0 Å². The largest absolute Gasteiger partial charge is 0.356 e. The lowest BCUT2D eigenvalue weighted by Gasteiger charge is -2.16. The Morgan fingerprint density at radius 2 is 1.90 bits per heavy atom. The number of carbonyl (C=O) groups is 2. The first-order valence-corrected chi connectivity index (χ1v) is 10.2. The van der Waals surface area contributed by atoms with Crippen LogP contribution in [0.25, 0.3) is 11.0 Å². The molecule has 2 aromatic carbocycles. The van der Waals surface area contributed by atoms with E-state index in [1.165, 1.54) is 5.56 Å². The molecular formula is C23H26N4O2. The van der Waals surface area contributed by atoms with E-state index in [2.05, 4.69) is 27.4 Å². The van der Waals surface area contributed by atoms with E-state index in [0.717, 1.165) is 36.1 Å². The number of hydrogen-bond donors (Lipinski definition) is 2. The Labute approximate surface area is 170 Å². The van der Waals surface area contributed by atoms with Crippen molar-refractivity contribution in [2.24, 2.45) is 5.92 Å². The van der Waals surface area contributed by atoms with Crippen LogP contribution in [-0.2, 0) is 22.4 Å². The van der Waals surface area contributed by atoms with Gasteiger partial charge in [0.05, 0.1) is 17.0 Å². The summed E-state index contributed by atoms with van der Waals surface area (Å²) in [5.41, 5.74) is 3.21. The van der Waals surface area contributed by atoms with Gasteiger partial charge in [0.1, 0.15) is 5.82 Å². The Balaban J connectivity index is 1.19. The Kier molecular flexibility index (Phi) is 5.89. The van der Waals surface area contributed by atoms with Gasteiger partial charge in [-0.3, -0.25) is 9.59 Å². The second-order valence-electron chi connectivity index (χ2n) is 7.57. The van der Waals surface area contributed by atoms with Gasteiger partial charge in [-0.2, -0.15) is 0 Å². The van der Waals surface area contributed by atoms with Gasteiger partial charge in [-0.25, -0.2) is 4.98 Å². The van der Waals surface area contributed by atoms with E-state index in [4.69, 9.17) is 0 Å². The summed E-state index contributed by atoms with van der Waals surface area (Å²) in [5.74, 6) is 0.738. The first kappa shape index (κ1) is 19.2. The molecule has 0 bridgehead atoms. The molecule has 0 spiro atoms. The van der Waals surface area contributed by atoms with Crippen molar-refractivity contribution in [3.63, 3.8) is 0 Å². The highest BCUT2D eigenvalue weighted by molar-refractivity contribution is 5.89. The highest BCUT2D eigenvalue weighted by atomic mass is 16.2. The summed E-state index contributed by atoms with van der Waals surface area (Å²) in [7, 11) is 0. The molecule has 1 aliphatic heterocycles. The average molecular weight is 390 g/mol. The summed E-state index contributed by atoms with van der Waals surface area (Å²) < 4.78 is 0. The number of rotatable bonds is 8. The fourth-order valence-electron chi connectivity index (χ4n) is 3.81. The topological polar surface area (TPSA) is 78.1 Å². The minimum absolute atomic E-state index is 0.0230. The van der Waals surface area contributed by atoms with Gasteiger partial charge in [-0.1, -0.05) is 42.5 Å². The van der Waals surface area contributed by atoms with Crippen LogP contribution in [0, 0.1) is 5.92 Å². The van der Waals surface area contributed by atoms with Gasteiger partial charge in [-0.15, -0.1) is 0 Å². The molecule has 29 heavy (non-hydrogen) atoms. The number of aromatic nitrogens is 2. The molecule has 3 aromatic rings. The van der Waals surface area contributed by atoms with Crippen molar-refractivity contribution in [2.45, 2.75) is 25.7 Å². The van der Waals surface area contributed by atoms with Crippen molar-refractivity contribution in [3.05, 3.63) is 66.0 Å². The van der Waals surface area contributed by atoms with E-state index in [9.17, 15) is 9.59 Å². The lowest BCUT2D eigenvalue weighted by atomic mass is 10.1. The summed E-state index contributed by atoms with van der Waals surface area (Å²) in [5, 5.41) is 2.98. The SMILES string of the molecule is O=C(NCCCc1nc2ccccc2[nH]1)C1CC(=O)N(CCc2ccccc2)C1. The zero-order valence-electron chi connectivity index (χ0n) is 16.4. The van der Waals surface area contributed by atoms with Crippen molar-refractivity contribution in [2.75, 3.05) is 19.6 Å². The lowest BCUT2D eigenvalue weighted by molar-refractivity contribution is -0.129. The van der Waals surface area contributed by atoms with Crippen LogP contribution in [0.2, 0.25) is 0 Å². The first-order chi connectivity index (χ1) is 14.2. The first-order valence-electron chi connectivity index (χ1n) is 10.2. The molecule has 1 unspecified atom stereocenters. The van der Waals surface area contributed by atoms with Crippen molar-refractivity contribution < 1.29 is 9.59 Å². The molecule has 1 saturated heterocycles. The molecule has 0 radical (unpaired) electrons. The number of likely N-dealkylation sites (tertiary alicyclic amines) is 1. The number of aromatic amines is 1. The van der Waals surface area contributed by atoms with E-state index in [-0.39, 0.29) is 17.7 Å². The summed E-state index contributed by atoms with van der Waals surface area (Å²) >= 11 is 0. The quantitative estimate of drug-likeness (QED) is 0.581. The van der Waals surface area contributed by atoms with Crippen LogP contribution in [-0.4, -0.2) is 46.3 Å². The number of carbonyl (C=O) groups excluding carboxylic acids is 2. The number of hydrogen-bond acceptors (Lipinski definition) is 3. The van der Waals surface area contributed by atoms with Crippen molar-refractivity contribution in [3.8, 4) is 0 Å². The Bertz CT molecular complexity index is 950. The van der Waals surface area contributed by atoms with Crippen LogP contribution in [0.4, 0.5) is 0 Å². The maximum atomic E-state index is 12.4. The van der Waals surface area contributed by atoms with E-state index in [1.54, 1.807) is 0 Å². The molecule has 2 heterocycles. The molecule has 6 nitrogen and oxygen atoms in total. The number of aryl methyl sites for hydroxylation is 1. The number of imidazole rings is 1. The molecule has 2 amide bonds. The molecule has 0 aliphatic carbocycles. The third-order valence-electron chi connectivity index (χ3n) is 5.43. The predicted molar refractivity (Wildman–Crippen MR) is 112 cm³/mol. The zero-order chi connectivity index (χ0) is 20.1. The number of nitrogens with one attached hydrogen (secondary N) is 2. The number of nitrogens with zero attached hydrogens (tertiary/aromatic N) is 2. The van der Waals surface area contributed by atoms with Gasteiger partial charge in [-0.05, 0) is 30.5 Å². The Morgan fingerprint density at radius 1 is 1.10 bits per heavy atom. The molecule has 1 fully saturated rings. The summed E-state index contributed by atoms with van der Waals surface area (Å²) in [4.78, 5) is 34.4. The highest BCUT2D eigenvalue weighted by Crippen LogP contribution is 2.18. The predicted octanol–water partition coefficient (Wildman–Crippen LogP) is 2.70. The second-order valence-corrected chi connectivity index (χ2v) is 7.57. The lowest BCUT2D eigenvalue weighted by Crippen LogP contribution is -2.34. The molecule has 150 valence electrons. The van der Waals surface area contributed by atoms with E-state index in [0.29, 0.717) is 26.1 Å². The summed E-state index contributed by atoms with van der Waals surface area (Å²) in [6, 6.07) is 18.1. The van der Waals surface area contributed by atoms with E-state index < -0.39 is 0 Å². The van der Waals surface area contributed by atoms with Gasteiger partial charge < -0.3 is 15.2 Å². The maximum absolute atomic E-state index is 12.4. The van der Waals surface area contributed by atoms with Crippen molar-refractivity contribution in [1.82, 2.24) is 20.2 Å². The molecular weight excluding hydrogens is 364 g/mol. The Morgan fingerprint density at radius 3 is 2.72 bits per heavy atom. The van der Waals surface area contributed by atoms with Crippen LogP contribution >= 0.6 is 0 Å². The molecule has 1 aliphatic rings. The fraction of sp³-hybridized carbons (Fsp3) is 0.348. The maximum Gasteiger partial charge on any atom is 0.225 e. The Hall–Kier alpha value is -3.15. The van der Waals surface area contributed by atoms with Crippen LogP contribution in [0.3, 0.4) is 0 Å². The molecule has 2 N–H and O–H groups in total. The van der Waals surface area contributed by atoms with Crippen LogP contribution in [0.15, 0.2) is 54.6 Å². The van der Waals surface area contributed by atoms with Crippen molar-refractivity contribution in [1.29, 1.82) is 0 Å². The van der Waals surface area contributed by atoms with Gasteiger partial charge >= 0.3 is 0 Å². The normalized spacial score (nSPS) is 16.5. The standard InChI is InChI=1S/C23H26N4O2/c28-22-15-18(16-27(22)14-12-17-7-2-1-3-8-17)23(29)24-13-6-11-21-25-19-9-4-5-10-20(19)26-21/h1-5,7-10,18H,6,11-16H2,(H,24,29)(H,25,26). The monoisotopic (exact) mass is 390 g/mol. The van der Waals surface area contributed by atoms with E-state index >= 15 is 0 Å². The third-order valence-corrected chi connectivity index (χ3v) is 5.43. The van der Waals surface area contributed by atoms with Crippen LogP contribution in [0.1, 0.15) is 24.2 Å². The summed E-state index contributed by atoms with van der Waals surface area (Å²) in [6.45, 7) is 1.77. The highest BCUT2D eigenvalue weighted by Gasteiger charge is 2.33. The van der Waals surface area contributed by atoms with Crippen LogP contribution < -0.4 is 5.32 Å². The number of fused-ring (bicyclic) bond motifs is 1. The second kappa shape index (κ2) is 8.90. The third kappa shape index (κ3) is 4.83. The zero-order valence-corrected chi connectivity index (χ0v) is 16.4. The summed E-state index contributed by atoms with van der Waals surface area (Å²) in [6.07, 6.45) is 2.72. The minimum atomic E-state index is -0.246.